The molecule has 0 aliphatic carbocycles. The number of halogens is 2. The Kier molecular flexibility index (Phi) is 7.40. The van der Waals surface area contributed by atoms with Crippen molar-refractivity contribution < 1.29 is 14.7 Å². The van der Waals surface area contributed by atoms with Crippen molar-refractivity contribution in [2.45, 2.75) is 6.04 Å². The highest BCUT2D eigenvalue weighted by atomic mass is 79.9. The van der Waals surface area contributed by atoms with Crippen molar-refractivity contribution in [2.75, 3.05) is 17.2 Å². The van der Waals surface area contributed by atoms with E-state index in [-0.39, 0.29) is 12.5 Å². The van der Waals surface area contributed by atoms with Crippen LogP contribution in [0.3, 0.4) is 0 Å². The van der Waals surface area contributed by atoms with E-state index < -0.39 is 12.1 Å². The molecule has 7 nitrogen and oxygen atoms in total. The summed E-state index contributed by atoms with van der Waals surface area (Å²) in [7, 11) is 0. The molecule has 4 N–H and O–H groups in total. The highest BCUT2D eigenvalue weighted by Crippen LogP contribution is 2.19. The van der Waals surface area contributed by atoms with E-state index in [2.05, 4.69) is 36.9 Å². The molecular weight excluding hydrogens is 472 g/mol. The van der Waals surface area contributed by atoms with Crippen molar-refractivity contribution in [3.05, 3.63) is 87.5 Å². The zero-order chi connectivity index (χ0) is 21.5. The first-order chi connectivity index (χ1) is 14.4. The number of benzene rings is 2. The van der Waals surface area contributed by atoms with E-state index in [1.807, 2.05) is 24.3 Å². The molecule has 0 spiro atoms. The fraction of sp³-hybridized carbons (Fsp3) is 0.0952. The second kappa shape index (κ2) is 10.2. The van der Waals surface area contributed by atoms with Crippen molar-refractivity contribution >= 4 is 51.0 Å². The van der Waals surface area contributed by atoms with Gasteiger partial charge in [0.15, 0.2) is 0 Å². The van der Waals surface area contributed by atoms with Crippen LogP contribution in [0.15, 0.2) is 71.3 Å². The first-order valence-corrected chi connectivity index (χ1v) is 10.1. The van der Waals surface area contributed by atoms with E-state index in [1.165, 1.54) is 12.3 Å². The lowest BCUT2D eigenvalue weighted by atomic mass is 10.1. The average molecular weight is 490 g/mol. The van der Waals surface area contributed by atoms with Crippen LogP contribution in [-0.4, -0.2) is 28.6 Å². The van der Waals surface area contributed by atoms with Crippen LogP contribution in [0, 0.1) is 0 Å². The number of hydrogen-bond acceptors (Lipinski definition) is 4. The molecule has 0 aliphatic heterocycles. The van der Waals surface area contributed by atoms with Crippen LogP contribution in [-0.2, 0) is 0 Å². The summed E-state index contributed by atoms with van der Waals surface area (Å²) < 4.78 is 0.842. The number of rotatable bonds is 6. The summed E-state index contributed by atoms with van der Waals surface area (Å²) in [6, 6.07) is 15.9. The summed E-state index contributed by atoms with van der Waals surface area (Å²) in [6.07, 6.45) is 1.43. The van der Waals surface area contributed by atoms with Gasteiger partial charge in [0.25, 0.3) is 5.91 Å². The Morgan fingerprint density at radius 3 is 2.57 bits per heavy atom. The standard InChI is InChI=1S/C21H18BrClN4O3/c22-15-5-1-3-13(9-15)18(12-28)26-21(30)25-17-6-2-4-14(10-17)20(29)27-19-8-7-16(23)11-24-19/h1-11,18,28H,12H2,(H,24,27,29)(H2,25,26,30). The lowest BCUT2D eigenvalue weighted by Crippen LogP contribution is -2.34. The summed E-state index contributed by atoms with van der Waals surface area (Å²) >= 11 is 9.16. The highest BCUT2D eigenvalue weighted by Gasteiger charge is 2.15. The molecule has 0 bridgehead atoms. The Bertz CT molecular complexity index is 1050. The first-order valence-electron chi connectivity index (χ1n) is 8.91. The second-order valence-corrected chi connectivity index (χ2v) is 7.64. The van der Waals surface area contributed by atoms with Crippen molar-refractivity contribution in [1.29, 1.82) is 0 Å². The number of aromatic nitrogens is 1. The molecule has 1 aromatic heterocycles. The molecule has 154 valence electrons. The maximum absolute atomic E-state index is 12.4. The molecule has 3 amide bonds. The van der Waals surface area contributed by atoms with Gasteiger partial charge in [-0.2, -0.15) is 0 Å². The lowest BCUT2D eigenvalue weighted by molar-refractivity contribution is 0.102. The van der Waals surface area contributed by atoms with E-state index >= 15 is 0 Å². The summed E-state index contributed by atoms with van der Waals surface area (Å²) in [4.78, 5) is 28.8. The van der Waals surface area contributed by atoms with Crippen molar-refractivity contribution in [2.24, 2.45) is 0 Å². The van der Waals surface area contributed by atoms with Gasteiger partial charge >= 0.3 is 6.03 Å². The van der Waals surface area contributed by atoms with E-state index in [0.29, 0.717) is 22.1 Å². The van der Waals surface area contributed by atoms with Crippen molar-refractivity contribution in [3.63, 3.8) is 0 Å². The third kappa shape index (κ3) is 6.03. The normalized spacial score (nSPS) is 11.4. The molecule has 3 rings (SSSR count). The van der Waals surface area contributed by atoms with Crippen LogP contribution >= 0.6 is 27.5 Å². The molecular formula is C21H18BrClN4O3. The maximum atomic E-state index is 12.4. The van der Waals surface area contributed by atoms with Gasteiger partial charge in [-0.1, -0.05) is 45.7 Å². The van der Waals surface area contributed by atoms with E-state index in [0.717, 1.165) is 10.0 Å². The van der Waals surface area contributed by atoms with Crippen LogP contribution in [0.25, 0.3) is 0 Å². The molecule has 1 unspecified atom stereocenters. The predicted octanol–water partition coefficient (Wildman–Crippen LogP) is 4.60. The molecule has 0 saturated carbocycles. The zero-order valence-electron chi connectivity index (χ0n) is 15.6. The summed E-state index contributed by atoms with van der Waals surface area (Å²) in [5, 5.41) is 18.1. The molecule has 0 radical (unpaired) electrons. The van der Waals surface area contributed by atoms with Gasteiger partial charge in [0, 0.05) is 21.9 Å². The Hall–Kier alpha value is -2.94. The van der Waals surface area contributed by atoms with Gasteiger partial charge in [0.2, 0.25) is 0 Å². The Balaban J connectivity index is 1.64. The number of pyridine rings is 1. The Morgan fingerprint density at radius 2 is 1.87 bits per heavy atom. The second-order valence-electron chi connectivity index (χ2n) is 6.29. The fourth-order valence-corrected chi connectivity index (χ4v) is 3.19. The Morgan fingerprint density at radius 1 is 1.07 bits per heavy atom. The number of urea groups is 1. The maximum Gasteiger partial charge on any atom is 0.319 e. The number of carbonyl (C=O) groups excluding carboxylic acids is 2. The molecule has 0 aliphatic rings. The summed E-state index contributed by atoms with van der Waals surface area (Å²) in [5.41, 5.74) is 1.52. The molecule has 3 aromatic rings. The smallest absolute Gasteiger partial charge is 0.319 e. The average Bonchev–Trinajstić information content (AvgIpc) is 2.74. The van der Waals surface area contributed by atoms with Crippen LogP contribution in [0.5, 0.6) is 0 Å². The van der Waals surface area contributed by atoms with Crippen molar-refractivity contribution in [1.82, 2.24) is 10.3 Å². The number of anilines is 2. The van der Waals surface area contributed by atoms with Crippen LogP contribution in [0.4, 0.5) is 16.3 Å². The number of hydrogen-bond donors (Lipinski definition) is 4. The Labute approximate surface area is 186 Å². The zero-order valence-corrected chi connectivity index (χ0v) is 17.9. The largest absolute Gasteiger partial charge is 0.394 e. The number of nitrogens with zero attached hydrogens (tertiary/aromatic N) is 1. The lowest BCUT2D eigenvalue weighted by Gasteiger charge is -2.17. The minimum Gasteiger partial charge on any atom is -0.394 e. The molecule has 0 saturated heterocycles. The minimum absolute atomic E-state index is 0.263. The van der Waals surface area contributed by atoms with Gasteiger partial charge in [0.05, 0.1) is 17.7 Å². The van der Waals surface area contributed by atoms with Gasteiger partial charge < -0.3 is 21.1 Å². The topological polar surface area (TPSA) is 103 Å². The monoisotopic (exact) mass is 488 g/mol. The third-order valence-electron chi connectivity index (χ3n) is 4.09. The van der Waals surface area contributed by atoms with Gasteiger partial charge in [-0.05, 0) is 48.0 Å². The van der Waals surface area contributed by atoms with Gasteiger partial charge in [0.1, 0.15) is 5.82 Å². The number of amides is 3. The van der Waals surface area contributed by atoms with Crippen LogP contribution in [0.1, 0.15) is 22.0 Å². The fourth-order valence-electron chi connectivity index (χ4n) is 2.66. The molecule has 2 aromatic carbocycles. The number of aliphatic hydroxyl groups excluding tert-OH is 1. The summed E-state index contributed by atoms with van der Waals surface area (Å²) in [6.45, 7) is -0.263. The molecule has 1 heterocycles. The van der Waals surface area contributed by atoms with Gasteiger partial charge in [-0.3, -0.25) is 4.79 Å². The minimum atomic E-state index is -0.579. The van der Waals surface area contributed by atoms with Gasteiger partial charge in [-0.15, -0.1) is 0 Å². The van der Waals surface area contributed by atoms with Crippen LogP contribution < -0.4 is 16.0 Å². The highest BCUT2D eigenvalue weighted by molar-refractivity contribution is 9.10. The molecule has 9 heteroatoms. The van der Waals surface area contributed by atoms with E-state index in [9.17, 15) is 14.7 Å². The molecule has 1 atom stereocenters. The number of nitrogens with one attached hydrogen (secondary N) is 3. The number of carbonyl (C=O) groups is 2. The first kappa shape index (κ1) is 21.8. The molecule has 30 heavy (non-hydrogen) atoms. The van der Waals surface area contributed by atoms with Gasteiger partial charge in [-0.25, -0.2) is 9.78 Å². The van der Waals surface area contributed by atoms with Crippen LogP contribution in [0.2, 0.25) is 5.02 Å². The van der Waals surface area contributed by atoms with E-state index in [4.69, 9.17) is 11.6 Å². The number of aliphatic hydroxyl groups is 1. The van der Waals surface area contributed by atoms with Crippen molar-refractivity contribution in [3.8, 4) is 0 Å². The molecule has 0 fully saturated rings. The van der Waals surface area contributed by atoms with E-state index in [1.54, 1.807) is 30.3 Å². The SMILES string of the molecule is O=C(Nc1cccc(C(=O)Nc2ccc(Cl)cn2)c1)NC(CO)c1cccc(Br)c1. The summed E-state index contributed by atoms with van der Waals surface area (Å²) in [5.74, 6) is -0.0171. The third-order valence-corrected chi connectivity index (χ3v) is 4.81. The quantitative estimate of drug-likeness (QED) is 0.406. The predicted molar refractivity (Wildman–Crippen MR) is 120 cm³/mol.